The lowest BCUT2D eigenvalue weighted by molar-refractivity contribution is 0.0456. The Kier molecular flexibility index (Phi) is 5.61. The van der Waals surface area contributed by atoms with E-state index in [1.807, 2.05) is 6.07 Å². The fourth-order valence-electron chi connectivity index (χ4n) is 3.34. The highest BCUT2D eigenvalue weighted by Crippen LogP contribution is 2.30. The van der Waals surface area contributed by atoms with Gasteiger partial charge < -0.3 is 10.2 Å². The van der Waals surface area contributed by atoms with Gasteiger partial charge in [0.05, 0.1) is 24.9 Å². The van der Waals surface area contributed by atoms with Gasteiger partial charge >= 0.3 is 0 Å². The Hall–Kier alpha value is -0.870. The van der Waals surface area contributed by atoms with E-state index in [0.717, 1.165) is 18.5 Å². The van der Waals surface area contributed by atoms with Crippen molar-refractivity contribution in [3.8, 4) is 0 Å². The lowest BCUT2D eigenvalue weighted by Gasteiger charge is -2.28. The summed E-state index contributed by atoms with van der Waals surface area (Å²) in [5, 5.41) is 24.0. The van der Waals surface area contributed by atoms with Gasteiger partial charge in [0.25, 0.3) is 0 Å². The molecule has 0 spiro atoms. The average Bonchev–Trinajstić information content (AvgIpc) is 2.96. The molecule has 0 aliphatic heterocycles. The van der Waals surface area contributed by atoms with Crippen molar-refractivity contribution < 1.29 is 10.2 Å². The predicted octanol–water partition coefficient (Wildman–Crippen LogP) is 2.70. The molecule has 2 rings (SSSR count). The second-order valence-electron chi connectivity index (χ2n) is 6.32. The number of rotatable bonds is 7. The van der Waals surface area contributed by atoms with Crippen LogP contribution in [0.15, 0.2) is 12.3 Å². The van der Waals surface area contributed by atoms with E-state index < -0.39 is 5.41 Å². The summed E-state index contributed by atoms with van der Waals surface area (Å²) in [5.74, 6) is 0. The Morgan fingerprint density at radius 2 is 1.95 bits per heavy atom. The van der Waals surface area contributed by atoms with Gasteiger partial charge in [-0.25, -0.2) is 0 Å². The monoisotopic (exact) mass is 280 g/mol. The fourth-order valence-corrected chi connectivity index (χ4v) is 3.34. The SMILES string of the molecule is CCCC(CO)(CO)Cc1ccn(C2CCCCC2)n1. The molecule has 1 aliphatic carbocycles. The maximum absolute atomic E-state index is 9.63. The molecule has 1 fully saturated rings. The van der Waals surface area contributed by atoms with Crippen LogP contribution < -0.4 is 0 Å². The van der Waals surface area contributed by atoms with Gasteiger partial charge in [-0.1, -0.05) is 32.6 Å². The second kappa shape index (κ2) is 7.23. The molecular weight excluding hydrogens is 252 g/mol. The van der Waals surface area contributed by atoms with E-state index in [1.165, 1.54) is 32.1 Å². The van der Waals surface area contributed by atoms with E-state index in [9.17, 15) is 10.2 Å². The van der Waals surface area contributed by atoms with Gasteiger partial charge in [0.1, 0.15) is 0 Å². The van der Waals surface area contributed by atoms with Crippen molar-refractivity contribution in [2.75, 3.05) is 13.2 Å². The number of aliphatic hydroxyl groups excluding tert-OH is 2. The summed E-state index contributed by atoms with van der Waals surface area (Å²) in [6.07, 6.45) is 10.9. The van der Waals surface area contributed by atoms with Crippen LogP contribution in [0, 0.1) is 5.41 Å². The highest BCUT2D eigenvalue weighted by Gasteiger charge is 2.29. The van der Waals surface area contributed by atoms with Crippen LogP contribution in [-0.2, 0) is 6.42 Å². The van der Waals surface area contributed by atoms with E-state index in [1.54, 1.807) is 0 Å². The highest BCUT2D eigenvalue weighted by molar-refractivity contribution is 5.04. The summed E-state index contributed by atoms with van der Waals surface area (Å²) in [5.41, 5.74) is 0.577. The largest absolute Gasteiger partial charge is 0.396 e. The second-order valence-corrected chi connectivity index (χ2v) is 6.32. The van der Waals surface area contributed by atoms with Crippen LogP contribution in [0.3, 0.4) is 0 Å². The summed E-state index contributed by atoms with van der Waals surface area (Å²) in [4.78, 5) is 0. The zero-order valence-corrected chi connectivity index (χ0v) is 12.6. The van der Waals surface area contributed by atoms with Crippen LogP contribution >= 0.6 is 0 Å². The fraction of sp³-hybridized carbons (Fsp3) is 0.812. The van der Waals surface area contributed by atoms with Crippen molar-refractivity contribution in [2.24, 2.45) is 5.41 Å². The minimum atomic E-state index is -0.416. The smallest absolute Gasteiger partial charge is 0.0632 e. The van der Waals surface area contributed by atoms with E-state index in [0.29, 0.717) is 12.5 Å². The maximum Gasteiger partial charge on any atom is 0.0632 e. The molecule has 2 N–H and O–H groups in total. The molecule has 1 aliphatic rings. The van der Waals surface area contributed by atoms with Crippen LogP contribution in [0.1, 0.15) is 63.6 Å². The van der Waals surface area contributed by atoms with Gasteiger partial charge in [-0.2, -0.15) is 5.10 Å². The van der Waals surface area contributed by atoms with Crippen molar-refractivity contribution in [1.29, 1.82) is 0 Å². The molecule has 0 radical (unpaired) electrons. The average molecular weight is 280 g/mol. The summed E-state index contributed by atoms with van der Waals surface area (Å²) >= 11 is 0. The number of hydrogen-bond donors (Lipinski definition) is 2. The molecule has 0 atom stereocenters. The first-order valence-corrected chi connectivity index (χ1v) is 7.99. The van der Waals surface area contributed by atoms with Crippen molar-refractivity contribution in [3.05, 3.63) is 18.0 Å². The Morgan fingerprint density at radius 3 is 2.55 bits per heavy atom. The number of aromatic nitrogens is 2. The molecule has 114 valence electrons. The van der Waals surface area contributed by atoms with Crippen LogP contribution in [0.5, 0.6) is 0 Å². The number of aliphatic hydroxyl groups is 2. The van der Waals surface area contributed by atoms with Crippen molar-refractivity contribution in [1.82, 2.24) is 9.78 Å². The predicted molar refractivity (Wildman–Crippen MR) is 79.6 cm³/mol. The molecule has 20 heavy (non-hydrogen) atoms. The topological polar surface area (TPSA) is 58.3 Å². The zero-order chi connectivity index (χ0) is 14.4. The van der Waals surface area contributed by atoms with Gasteiger partial charge in [0.15, 0.2) is 0 Å². The van der Waals surface area contributed by atoms with Crippen molar-refractivity contribution in [2.45, 2.75) is 64.3 Å². The summed E-state index contributed by atoms with van der Waals surface area (Å²) in [6, 6.07) is 2.59. The van der Waals surface area contributed by atoms with Crippen LogP contribution in [0.2, 0.25) is 0 Å². The normalized spacial score (nSPS) is 17.6. The molecule has 1 aromatic heterocycles. The van der Waals surface area contributed by atoms with Crippen LogP contribution in [-0.4, -0.2) is 33.2 Å². The van der Waals surface area contributed by atoms with Crippen LogP contribution in [0.4, 0.5) is 0 Å². The zero-order valence-electron chi connectivity index (χ0n) is 12.6. The van der Waals surface area contributed by atoms with Crippen molar-refractivity contribution >= 4 is 0 Å². The Bertz CT molecular complexity index is 393. The Labute approximate surface area is 121 Å². The molecule has 0 amide bonds. The third-order valence-corrected chi connectivity index (χ3v) is 4.62. The first-order valence-electron chi connectivity index (χ1n) is 7.99. The van der Waals surface area contributed by atoms with E-state index in [4.69, 9.17) is 5.10 Å². The minimum absolute atomic E-state index is 0.0215. The van der Waals surface area contributed by atoms with Gasteiger partial charge in [-0.15, -0.1) is 0 Å². The third kappa shape index (κ3) is 3.61. The lowest BCUT2D eigenvalue weighted by atomic mass is 9.81. The first-order chi connectivity index (χ1) is 9.73. The molecule has 4 nitrogen and oxygen atoms in total. The van der Waals surface area contributed by atoms with Gasteiger partial charge in [-0.3, -0.25) is 4.68 Å². The Morgan fingerprint density at radius 1 is 1.25 bits per heavy atom. The first kappa shape index (κ1) is 15.5. The molecule has 0 aromatic carbocycles. The van der Waals surface area contributed by atoms with Gasteiger partial charge in [0, 0.05) is 18.0 Å². The molecule has 1 saturated carbocycles. The molecule has 0 bridgehead atoms. The summed E-state index contributed by atoms with van der Waals surface area (Å²) in [6.45, 7) is 2.13. The maximum atomic E-state index is 9.63. The number of hydrogen-bond acceptors (Lipinski definition) is 3. The lowest BCUT2D eigenvalue weighted by Crippen LogP contribution is -2.32. The van der Waals surface area contributed by atoms with E-state index in [-0.39, 0.29) is 13.2 Å². The Balaban J connectivity index is 2.03. The molecular formula is C16H28N2O2. The minimum Gasteiger partial charge on any atom is -0.396 e. The van der Waals surface area contributed by atoms with Crippen LogP contribution in [0.25, 0.3) is 0 Å². The standard InChI is InChI=1S/C16H28N2O2/c1-2-9-16(12-19,13-20)11-14-8-10-18(17-14)15-6-4-3-5-7-15/h8,10,15,19-20H,2-7,9,11-13H2,1H3. The highest BCUT2D eigenvalue weighted by atomic mass is 16.3. The van der Waals surface area contributed by atoms with Gasteiger partial charge in [-0.05, 0) is 25.3 Å². The number of nitrogens with zero attached hydrogens (tertiary/aromatic N) is 2. The quantitative estimate of drug-likeness (QED) is 0.807. The van der Waals surface area contributed by atoms with Gasteiger partial charge in [0.2, 0.25) is 0 Å². The molecule has 4 heteroatoms. The van der Waals surface area contributed by atoms with Crippen molar-refractivity contribution in [3.63, 3.8) is 0 Å². The molecule has 1 aromatic rings. The summed E-state index contributed by atoms with van der Waals surface area (Å²) in [7, 11) is 0. The molecule has 0 saturated heterocycles. The summed E-state index contributed by atoms with van der Waals surface area (Å²) < 4.78 is 2.10. The van der Waals surface area contributed by atoms with E-state index >= 15 is 0 Å². The third-order valence-electron chi connectivity index (χ3n) is 4.62. The molecule has 1 heterocycles. The van der Waals surface area contributed by atoms with E-state index in [2.05, 4.69) is 17.8 Å². The molecule has 0 unspecified atom stereocenters.